The highest BCUT2D eigenvalue weighted by molar-refractivity contribution is 6.30. The van der Waals surface area contributed by atoms with E-state index in [0.29, 0.717) is 11.1 Å². The van der Waals surface area contributed by atoms with Gasteiger partial charge in [-0.05, 0) is 18.2 Å². The number of nitrogens with two attached hydrogens (primary N) is 1. The van der Waals surface area contributed by atoms with E-state index in [1.165, 1.54) is 18.3 Å². The Labute approximate surface area is 112 Å². The van der Waals surface area contributed by atoms with Crippen LogP contribution in [0.3, 0.4) is 0 Å². The van der Waals surface area contributed by atoms with Crippen molar-refractivity contribution in [3.63, 3.8) is 0 Å². The Morgan fingerprint density at radius 1 is 1.32 bits per heavy atom. The minimum atomic E-state index is -0.959. The lowest BCUT2D eigenvalue weighted by atomic mass is 10.2. The number of halogens is 3. The van der Waals surface area contributed by atoms with Gasteiger partial charge in [0.05, 0.1) is 10.7 Å². The van der Waals surface area contributed by atoms with Crippen molar-refractivity contribution < 1.29 is 13.6 Å². The number of rotatable bonds is 2. The standard InChI is InChI=1S/C12H8ClF2N3O/c13-6-1-2-10(17-5-6)12(19)18-11-8(15)3-7(14)4-9(11)16/h1-5H,16H2,(H,18,19). The van der Waals surface area contributed by atoms with Gasteiger partial charge < -0.3 is 11.1 Å². The van der Waals surface area contributed by atoms with Gasteiger partial charge in [0, 0.05) is 12.3 Å². The molecule has 0 atom stereocenters. The molecule has 2 aromatic rings. The number of nitrogens with one attached hydrogen (secondary N) is 1. The van der Waals surface area contributed by atoms with Gasteiger partial charge in [0.15, 0.2) is 5.82 Å². The minimum Gasteiger partial charge on any atom is -0.397 e. The first-order chi connectivity index (χ1) is 8.97. The van der Waals surface area contributed by atoms with Crippen LogP contribution in [0.4, 0.5) is 20.2 Å². The van der Waals surface area contributed by atoms with Crippen molar-refractivity contribution in [3.05, 3.63) is 52.8 Å². The second-order valence-corrected chi connectivity index (χ2v) is 4.10. The molecule has 0 radical (unpaired) electrons. The monoisotopic (exact) mass is 283 g/mol. The van der Waals surface area contributed by atoms with Crippen LogP contribution in [0, 0.1) is 11.6 Å². The molecule has 0 spiro atoms. The fraction of sp³-hybridized carbons (Fsp3) is 0. The molecule has 1 amide bonds. The lowest BCUT2D eigenvalue weighted by Crippen LogP contribution is -2.16. The third-order valence-electron chi connectivity index (χ3n) is 2.28. The van der Waals surface area contributed by atoms with Crippen LogP contribution in [0.5, 0.6) is 0 Å². The SMILES string of the molecule is Nc1cc(F)cc(F)c1NC(=O)c1ccc(Cl)cn1. The van der Waals surface area contributed by atoms with E-state index < -0.39 is 17.5 Å². The number of anilines is 2. The first-order valence-electron chi connectivity index (χ1n) is 5.15. The number of hydrogen-bond donors (Lipinski definition) is 2. The van der Waals surface area contributed by atoms with E-state index in [9.17, 15) is 13.6 Å². The van der Waals surface area contributed by atoms with Crippen LogP contribution in [-0.4, -0.2) is 10.9 Å². The molecule has 0 aliphatic carbocycles. The van der Waals surface area contributed by atoms with Gasteiger partial charge in [0.1, 0.15) is 17.2 Å². The Balaban J connectivity index is 2.26. The topological polar surface area (TPSA) is 68.0 Å². The van der Waals surface area contributed by atoms with E-state index in [-0.39, 0.29) is 17.1 Å². The van der Waals surface area contributed by atoms with Crippen LogP contribution in [0.25, 0.3) is 0 Å². The third kappa shape index (κ3) is 2.97. The van der Waals surface area contributed by atoms with Crippen molar-refractivity contribution >= 4 is 28.9 Å². The predicted octanol–water partition coefficient (Wildman–Crippen LogP) is 2.85. The molecule has 3 N–H and O–H groups in total. The number of benzene rings is 1. The summed E-state index contributed by atoms with van der Waals surface area (Å²) in [5, 5.41) is 2.60. The quantitative estimate of drug-likeness (QED) is 0.833. The van der Waals surface area contributed by atoms with E-state index in [0.717, 1.165) is 6.07 Å². The molecule has 0 bridgehead atoms. The van der Waals surface area contributed by atoms with Crippen LogP contribution < -0.4 is 11.1 Å². The Kier molecular flexibility index (Phi) is 3.62. The van der Waals surface area contributed by atoms with Crippen LogP contribution in [-0.2, 0) is 0 Å². The van der Waals surface area contributed by atoms with Gasteiger partial charge in [0.25, 0.3) is 5.91 Å². The van der Waals surface area contributed by atoms with Gasteiger partial charge in [-0.15, -0.1) is 0 Å². The molecule has 0 aliphatic heterocycles. The van der Waals surface area contributed by atoms with Crippen LogP contribution in [0.1, 0.15) is 10.5 Å². The van der Waals surface area contributed by atoms with Crippen molar-refractivity contribution in [3.8, 4) is 0 Å². The molecule has 98 valence electrons. The Morgan fingerprint density at radius 2 is 2.05 bits per heavy atom. The Hall–Kier alpha value is -2.21. The largest absolute Gasteiger partial charge is 0.397 e. The van der Waals surface area contributed by atoms with Gasteiger partial charge in [0.2, 0.25) is 0 Å². The summed E-state index contributed by atoms with van der Waals surface area (Å²) in [7, 11) is 0. The smallest absolute Gasteiger partial charge is 0.274 e. The molecule has 0 saturated heterocycles. The Bertz CT molecular complexity index is 608. The van der Waals surface area contributed by atoms with E-state index in [2.05, 4.69) is 10.3 Å². The summed E-state index contributed by atoms with van der Waals surface area (Å²) in [6, 6.07) is 4.37. The summed E-state index contributed by atoms with van der Waals surface area (Å²) < 4.78 is 26.3. The normalized spacial score (nSPS) is 10.3. The van der Waals surface area contributed by atoms with Crippen LogP contribution in [0.2, 0.25) is 5.02 Å². The maximum Gasteiger partial charge on any atom is 0.274 e. The highest BCUT2D eigenvalue weighted by Crippen LogP contribution is 2.24. The van der Waals surface area contributed by atoms with Gasteiger partial charge in [-0.3, -0.25) is 4.79 Å². The molecular weight excluding hydrogens is 276 g/mol. The zero-order chi connectivity index (χ0) is 14.0. The minimum absolute atomic E-state index is 0.0347. The molecule has 0 fully saturated rings. The fourth-order valence-electron chi connectivity index (χ4n) is 1.41. The number of pyridine rings is 1. The highest BCUT2D eigenvalue weighted by atomic mass is 35.5. The van der Waals surface area contributed by atoms with E-state index in [1.807, 2.05) is 0 Å². The van der Waals surface area contributed by atoms with Gasteiger partial charge in [-0.2, -0.15) is 0 Å². The number of carbonyl (C=O) groups excluding carboxylic acids is 1. The van der Waals surface area contributed by atoms with E-state index in [1.54, 1.807) is 0 Å². The third-order valence-corrected chi connectivity index (χ3v) is 2.51. The molecule has 0 saturated carbocycles. The molecule has 2 rings (SSSR count). The molecule has 1 heterocycles. The van der Waals surface area contributed by atoms with E-state index in [4.69, 9.17) is 17.3 Å². The lowest BCUT2D eigenvalue weighted by Gasteiger charge is -2.09. The summed E-state index contributed by atoms with van der Waals surface area (Å²) in [6.07, 6.45) is 1.28. The van der Waals surface area contributed by atoms with Crippen molar-refractivity contribution in [2.75, 3.05) is 11.1 Å². The molecule has 0 unspecified atom stereocenters. The molecule has 4 nitrogen and oxygen atoms in total. The second-order valence-electron chi connectivity index (χ2n) is 3.67. The summed E-state index contributed by atoms with van der Waals surface area (Å²) in [5.74, 6) is -2.45. The summed E-state index contributed by atoms with van der Waals surface area (Å²) >= 11 is 5.63. The van der Waals surface area contributed by atoms with Crippen LogP contribution in [0.15, 0.2) is 30.5 Å². The number of nitrogens with zero attached hydrogens (tertiary/aromatic N) is 1. The first kappa shape index (κ1) is 13.2. The second kappa shape index (κ2) is 5.19. The Morgan fingerprint density at radius 3 is 2.63 bits per heavy atom. The summed E-state index contributed by atoms with van der Waals surface area (Å²) in [4.78, 5) is 15.6. The van der Waals surface area contributed by atoms with Crippen molar-refractivity contribution in [1.29, 1.82) is 0 Å². The fourth-order valence-corrected chi connectivity index (χ4v) is 1.52. The summed E-state index contributed by atoms with van der Waals surface area (Å²) in [6.45, 7) is 0. The first-order valence-corrected chi connectivity index (χ1v) is 5.52. The number of amides is 1. The maximum absolute atomic E-state index is 13.5. The number of aromatic nitrogens is 1. The predicted molar refractivity (Wildman–Crippen MR) is 68.0 cm³/mol. The maximum atomic E-state index is 13.5. The zero-order valence-corrected chi connectivity index (χ0v) is 10.2. The highest BCUT2D eigenvalue weighted by Gasteiger charge is 2.14. The molecule has 1 aromatic heterocycles. The van der Waals surface area contributed by atoms with Gasteiger partial charge in [-0.1, -0.05) is 11.6 Å². The number of hydrogen-bond acceptors (Lipinski definition) is 3. The molecule has 1 aromatic carbocycles. The average Bonchev–Trinajstić information content (AvgIpc) is 2.34. The zero-order valence-electron chi connectivity index (χ0n) is 9.45. The van der Waals surface area contributed by atoms with Gasteiger partial charge in [-0.25, -0.2) is 13.8 Å². The van der Waals surface area contributed by atoms with Crippen molar-refractivity contribution in [2.24, 2.45) is 0 Å². The molecular formula is C12H8ClF2N3O. The number of nitrogen functional groups attached to an aromatic ring is 1. The number of carbonyl (C=O) groups is 1. The lowest BCUT2D eigenvalue weighted by molar-refractivity contribution is 0.102. The summed E-state index contributed by atoms with van der Waals surface area (Å²) in [5.41, 5.74) is 4.97. The van der Waals surface area contributed by atoms with Crippen molar-refractivity contribution in [1.82, 2.24) is 4.98 Å². The molecule has 19 heavy (non-hydrogen) atoms. The van der Waals surface area contributed by atoms with E-state index >= 15 is 0 Å². The average molecular weight is 284 g/mol. The molecule has 7 heteroatoms. The van der Waals surface area contributed by atoms with Crippen molar-refractivity contribution in [2.45, 2.75) is 0 Å². The van der Waals surface area contributed by atoms with Gasteiger partial charge >= 0.3 is 0 Å². The van der Waals surface area contributed by atoms with Crippen LogP contribution >= 0.6 is 11.6 Å². The molecule has 0 aliphatic rings.